The van der Waals surface area contributed by atoms with E-state index in [4.69, 9.17) is 5.73 Å². The Balaban J connectivity index is 2.44. The average molecular weight is 312 g/mol. The highest BCUT2D eigenvalue weighted by Crippen LogP contribution is 2.24. The van der Waals surface area contributed by atoms with Crippen LogP contribution in [0.5, 0.6) is 0 Å². The molecule has 0 saturated heterocycles. The molecule has 7 heteroatoms. The molecule has 0 radical (unpaired) electrons. The maximum atomic E-state index is 14.0. The lowest BCUT2D eigenvalue weighted by Gasteiger charge is -2.20. The van der Waals surface area contributed by atoms with Crippen molar-refractivity contribution in [3.8, 4) is 0 Å². The van der Waals surface area contributed by atoms with Crippen molar-refractivity contribution in [3.05, 3.63) is 59.7 Å². The second-order valence-electron chi connectivity index (χ2n) is 4.42. The Kier molecular flexibility index (Phi) is 4.24. The molecule has 0 aliphatic carbocycles. The molecule has 0 aliphatic heterocycles. The number of sulfonamides is 1. The molecule has 2 N–H and O–H groups in total. The number of nitrogens with two attached hydrogens (primary N) is 1. The zero-order chi connectivity index (χ0) is 15.6. The molecule has 0 amide bonds. The second kappa shape index (κ2) is 5.79. The Labute approximate surface area is 121 Å². The summed E-state index contributed by atoms with van der Waals surface area (Å²) in [4.78, 5) is -0.452. The van der Waals surface area contributed by atoms with Gasteiger partial charge >= 0.3 is 0 Å². The van der Waals surface area contributed by atoms with Crippen LogP contribution in [0.25, 0.3) is 0 Å². The fourth-order valence-corrected chi connectivity index (χ4v) is 3.06. The zero-order valence-corrected chi connectivity index (χ0v) is 12.1. The summed E-state index contributed by atoms with van der Waals surface area (Å²) in [5, 5.41) is 0. The molecule has 2 aromatic rings. The molecule has 0 fully saturated rings. The van der Waals surface area contributed by atoms with Crippen molar-refractivity contribution in [2.24, 2.45) is 5.73 Å². The third-order valence-electron chi connectivity index (χ3n) is 3.06. The molecule has 0 aliphatic rings. The van der Waals surface area contributed by atoms with Gasteiger partial charge in [0.15, 0.2) is 0 Å². The standard InChI is InChI=1S/C14H14F2N2O2S/c1-18(12-5-3-11(15)4-6-12)21(19,20)14-7-2-10(9-17)8-13(14)16/h2-8H,9,17H2,1H3. The first-order valence-corrected chi connectivity index (χ1v) is 7.53. The van der Waals surface area contributed by atoms with Crippen LogP contribution in [0.15, 0.2) is 47.4 Å². The maximum absolute atomic E-state index is 14.0. The van der Waals surface area contributed by atoms with E-state index in [0.717, 1.165) is 22.5 Å². The van der Waals surface area contributed by atoms with E-state index >= 15 is 0 Å². The van der Waals surface area contributed by atoms with Crippen molar-refractivity contribution in [2.45, 2.75) is 11.4 Å². The van der Waals surface area contributed by atoms with Gasteiger partial charge < -0.3 is 5.73 Å². The van der Waals surface area contributed by atoms with Gasteiger partial charge in [0.1, 0.15) is 16.5 Å². The number of halogens is 2. The Morgan fingerprint density at radius 3 is 2.24 bits per heavy atom. The van der Waals surface area contributed by atoms with E-state index in [9.17, 15) is 17.2 Å². The van der Waals surface area contributed by atoms with Crippen LogP contribution in [0, 0.1) is 11.6 Å². The summed E-state index contributed by atoms with van der Waals surface area (Å²) >= 11 is 0. The highest BCUT2D eigenvalue weighted by Gasteiger charge is 2.25. The maximum Gasteiger partial charge on any atom is 0.266 e. The van der Waals surface area contributed by atoms with Crippen molar-refractivity contribution in [1.29, 1.82) is 0 Å². The lowest BCUT2D eigenvalue weighted by atomic mass is 10.2. The molecule has 21 heavy (non-hydrogen) atoms. The Morgan fingerprint density at radius 1 is 1.10 bits per heavy atom. The van der Waals surface area contributed by atoms with Gasteiger partial charge in [0.05, 0.1) is 5.69 Å². The van der Waals surface area contributed by atoms with Crippen LogP contribution in [0.1, 0.15) is 5.56 Å². The SMILES string of the molecule is CN(c1ccc(F)cc1)S(=O)(=O)c1ccc(CN)cc1F. The number of anilines is 1. The Hall–Kier alpha value is -1.99. The third-order valence-corrected chi connectivity index (χ3v) is 4.88. The van der Waals surface area contributed by atoms with Crippen LogP contribution in [-0.2, 0) is 16.6 Å². The van der Waals surface area contributed by atoms with Crippen molar-refractivity contribution in [1.82, 2.24) is 0 Å². The summed E-state index contributed by atoms with van der Waals surface area (Å²) in [6.07, 6.45) is 0. The van der Waals surface area contributed by atoms with E-state index in [0.29, 0.717) is 5.56 Å². The molecule has 0 bridgehead atoms. The molecule has 4 nitrogen and oxygen atoms in total. The predicted molar refractivity (Wildman–Crippen MR) is 76.3 cm³/mol. The van der Waals surface area contributed by atoms with Crippen LogP contribution >= 0.6 is 0 Å². The quantitative estimate of drug-likeness (QED) is 0.942. The van der Waals surface area contributed by atoms with Gasteiger partial charge in [-0.15, -0.1) is 0 Å². The van der Waals surface area contributed by atoms with E-state index in [1.54, 1.807) is 0 Å². The van der Waals surface area contributed by atoms with E-state index in [-0.39, 0.29) is 12.2 Å². The summed E-state index contributed by atoms with van der Waals surface area (Å²) in [7, 11) is -2.79. The van der Waals surface area contributed by atoms with Crippen LogP contribution in [-0.4, -0.2) is 15.5 Å². The number of hydrogen-bond acceptors (Lipinski definition) is 3. The minimum atomic E-state index is -4.07. The Bertz CT molecular complexity index is 746. The molecule has 2 rings (SSSR count). The molecule has 0 atom stereocenters. The summed E-state index contributed by atoms with van der Waals surface area (Å²) in [5.74, 6) is -1.35. The van der Waals surface area contributed by atoms with Crippen LogP contribution in [0.3, 0.4) is 0 Å². The van der Waals surface area contributed by atoms with Crippen LogP contribution in [0.4, 0.5) is 14.5 Å². The Morgan fingerprint density at radius 2 is 1.71 bits per heavy atom. The molecule has 0 aromatic heterocycles. The number of hydrogen-bond donors (Lipinski definition) is 1. The largest absolute Gasteiger partial charge is 0.326 e. The smallest absolute Gasteiger partial charge is 0.266 e. The van der Waals surface area contributed by atoms with Gasteiger partial charge in [-0.05, 0) is 42.0 Å². The lowest BCUT2D eigenvalue weighted by molar-refractivity contribution is 0.564. The van der Waals surface area contributed by atoms with Gasteiger partial charge in [-0.3, -0.25) is 4.31 Å². The summed E-state index contributed by atoms with van der Waals surface area (Å²) in [6, 6.07) is 8.59. The summed E-state index contributed by atoms with van der Waals surface area (Å²) < 4.78 is 52.5. The average Bonchev–Trinajstić information content (AvgIpc) is 2.46. The van der Waals surface area contributed by atoms with Gasteiger partial charge in [0.2, 0.25) is 0 Å². The second-order valence-corrected chi connectivity index (χ2v) is 6.36. The minimum Gasteiger partial charge on any atom is -0.326 e. The molecule has 112 valence electrons. The first-order chi connectivity index (χ1) is 9.86. The number of rotatable bonds is 4. The van der Waals surface area contributed by atoms with Crippen molar-refractivity contribution >= 4 is 15.7 Å². The first kappa shape index (κ1) is 15.4. The molecule has 2 aromatic carbocycles. The van der Waals surface area contributed by atoms with E-state index in [2.05, 4.69) is 0 Å². The fraction of sp³-hybridized carbons (Fsp3) is 0.143. The van der Waals surface area contributed by atoms with Gasteiger partial charge in [0.25, 0.3) is 10.0 Å². The van der Waals surface area contributed by atoms with E-state index in [1.165, 1.54) is 31.3 Å². The van der Waals surface area contributed by atoms with Crippen molar-refractivity contribution < 1.29 is 17.2 Å². The molecule has 0 spiro atoms. The lowest BCUT2D eigenvalue weighted by Crippen LogP contribution is -2.27. The minimum absolute atomic E-state index is 0.116. The zero-order valence-electron chi connectivity index (χ0n) is 11.3. The first-order valence-electron chi connectivity index (χ1n) is 6.09. The fourth-order valence-electron chi connectivity index (χ4n) is 1.82. The monoisotopic (exact) mass is 312 g/mol. The van der Waals surface area contributed by atoms with E-state index in [1.807, 2.05) is 0 Å². The number of benzene rings is 2. The molecule has 0 unspecified atom stereocenters. The molecule has 0 saturated carbocycles. The summed E-state index contributed by atoms with van der Waals surface area (Å²) in [5.41, 5.74) is 6.11. The van der Waals surface area contributed by atoms with Gasteiger partial charge in [-0.25, -0.2) is 17.2 Å². The van der Waals surface area contributed by atoms with Crippen molar-refractivity contribution in [2.75, 3.05) is 11.4 Å². The summed E-state index contributed by atoms with van der Waals surface area (Å²) in [6.45, 7) is 0.116. The topological polar surface area (TPSA) is 63.4 Å². The van der Waals surface area contributed by atoms with Crippen molar-refractivity contribution in [3.63, 3.8) is 0 Å². The molecular weight excluding hydrogens is 298 g/mol. The van der Waals surface area contributed by atoms with Crippen LogP contribution in [0.2, 0.25) is 0 Å². The van der Waals surface area contributed by atoms with Gasteiger partial charge in [-0.2, -0.15) is 0 Å². The highest BCUT2D eigenvalue weighted by atomic mass is 32.2. The predicted octanol–water partition coefficient (Wildman–Crippen LogP) is 2.25. The number of nitrogens with zero attached hydrogens (tertiary/aromatic N) is 1. The van der Waals surface area contributed by atoms with E-state index < -0.39 is 26.6 Å². The third kappa shape index (κ3) is 3.03. The van der Waals surface area contributed by atoms with Crippen LogP contribution < -0.4 is 10.0 Å². The van der Waals surface area contributed by atoms with Gasteiger partial charge in [-0.1, -0.05) is 6.07 Å². The normalized spacial score (nSPS) is 11.4. The molecule has 0 heterocycles. The van der Waals surface area contributed by atoms with Gasteiger partial charge in [0, 0.05) is 13.6 Å². The molecular formula is C14H14F2N2O2S. The highest BCUT2D eigenvalue weighted by molar-refractivity contribution is 7.92.